The topological polar surface area (TPSA) is 67.9 Å². The van der Waals surface area contributed by atoms with Crippen LogP contribution >= 0.6 is 34.8 Å². The molecular formula is C16H13Cl3N2O4. The second-order valence-electron chi connectivity index (χ2n) is 4.80. The summed E-state index contributed by atoms with van der Waals surface area (Å²) in [6.45, 7) is 1.76. The third kappa shape index (κ3) is 4.92. The predicted molar refractivity (Wildman–Crippen MR) is 96.7 cm³/mol. The fourth-order valence-corrected chi connectivity index (χ4v) is 2.20. The normalized spacial score (nSPS) is 10.1. The van der Waals surface area contributed by atoms with Crippen molar-refractivity contribution in [3.63, 3.8) is 0 Å². The van der Waals surface area contributed by atoms with Crippen molar-refractivity contribution in [1.29, 1.82) is 0 Å². The van der Waals surface area contributed by atoms with Crippen LogP contribution in [0.5, 0.6) is 5.75 Å². The first-order valence-electron chi connectivity index (χ1n) is 6.94. The van der Waals surface area contributed by atoms with Crippen LogP contribution in [-0.2, 0) is 4.84 Å². The van der Waals surface area contributed by atoms with E-state index in [1.165, 1.54) is 31.3 Å². The highest BCUT2D eigenvalue weighted by molar-refractivity contribution is 6.42. The van der Waals surface area contributed by atoms with Gasteiger partial charge >= 0.3 is 12.2 Å². The van der Waals surface area contributed by atoms with Gasteiger partial charge in [-0.3, -0.25) is 4.84 Å². The fourth-order valence-electron chi connectivity index (χ4n) is 1.79. The van der Waals surface area contributed by atoms with E-state index < -0.39 is 12.2 Å². The number of nitrogens with one attached hydrogen (secondary N) is 1. The number of aryl methyl sites for hydroxylation is 1. The van der Waals surface area contributed by atoms with Gasteiger partial charge in [0.15, 0.2) is 0 Å². The first-order chi connectivity index (χ1) is 11.8. The van der Waals surface area contributed by atoms with E-state index in [-0.39, 0.29) is 16.5 Å². The van der Waals surface area contributed by atoms with E-state index in [9.17, 15) is 9.59 Å². The highest BCUT2D eigenvalue weighted by atomic mass is 35.5. The molecule has 0 fully saturated rings. The average molecular weight is 404 g/mol. The standard InChI is InChI=1S/C16H13Cl3N2O4/c1-9-7-11(4-6-12(9)17)24-16(23)25-21(15(22)20-2)10-3-5-13(18)14(19)8-10/h3-8H,1-2H3,(H,20,22). The quantitative estimate of drug-likeness (QED) is 0.423. The van der Waals surface area contributed by atoms with Crippen LogP contribution in [0.3, 0.4) is 0 Å². The van der Waals surface area contributed by atoms with Crippen LogP contribution in [0, 0.1) is 6.92 Å². The SMILES string of the molecule is CNC(=O)N(OC(=O)Oc1ccc(Cl)c(C)c1)c1ccc(Cl)c(Cl)c1. The van der Waals surface area contributed by atoms with Crippen molar-refractivity contribution in [2.24, 2.45) is 0 Å². The van der Waals surface area contributed by atoms with Crippen molar-refractivity contribution < 1.29 is 19.2 Å². The number of hydrogen-bond acceptors (Lipinski definition) is 4. The van der Waals surface area contributed by atoms with Crippen LogP contribution in [0.15, 0.2) is 36.4 Å². The first-order valence-corrected chi connectivity index (χ1v) is 8.08. The maximum atomic E-state index is 12.0. The minimum absolute atomic E-state index is 0.193. The van der Waals surface area contributed by atoms with Crippen LogP contribution < -0.4 is 15.1 Å². The summed E-state index contributed by atoms with van der Waals surface area (Å²) in [4.78, 5) is 29.0. The number of rotatable bonds is 2. The molecule has 0 aliphatic carbocycles. The summed E-state index contributed by atoms with van der Waals surface area (Å²) >= 11 is 17.7. The molecule has 25 heavy (non-hydrogen) atoms. The lowest BCUT2D eigenvalue weighted by molar-refractivity contribution is 0.0928. The maximum absolute atomic E-state index is 12.0. The van der Waals surface area contributed by atoms with Crippen molar-refractivity contribution in [2.75, 3.05) is 12.1 Å². The lowest BCUT2D eigenvalue weighted by Gasteiger charge is -2.20. The second kappa shape index (κ2) is 8.29. The number of carbonyl (C=O) groups excluding carboxylic acids is 2. The first kappa shape index (κ1) is 19.2. The van der Waals surface area contributed by atoms with Gasteiger partial charge in [0.05, 0.1) is 15.7 Å². The maximum Gasteiger partial charge on any atom is 0.539 e. The predicted octanol–water partition coefficient (Wildman–Crippen LogP) is 5.23. The van der Waals surface area contributed by atoms with E-state index in [0.717, 1.165) is 5.56 Å². The molecule has 132 valence electrons. The fraction of sp³-hybridized carbons (Fsp3) is 0.125. The molecule has 2 amide bonds. The zero-order valence-electron chi connectivity index (χ0n) is 13.2. The Kier molecular flexibility index (Phi) is 6.36. The molecule has 0 atom stereocenters. The molecule has 0 aliphatic heterocycles. The molecule has 0 radical (unpaired) electrons. The van der Waals surface area contributed by atoms with Crippen molar-refractivity contribution in [3.8, 4) is 5.75 Å². The van der Waals surface area contributed by atoms with Gasteiger partial charge in [0, 0.05) is 12.1 Å². The van der Waals surface area contributed by atoms with Gasteiger partial charge in [0.1, 0.15) is 5.75 Å². The molecule has 1 N–H and O–H groups in total. The summed E-state index contributed by atoms with van der Waals surface area (Å²) in [7, 11) is 1.38. The Bertz CT molecular complexity index is 814. The molecule has 0 bridgehead atoms. The van der Waals surface area contributed by atoms with Crippen molar-refractivity contribution in [3.05, 3.63) is 57.0 Å². The van der Waals surface area contributed by atoms with Crippen LogP contribution in [0.2, 0.25) is 15.1 Å². The molecule has 6 nitrogen and oxygen atoms in total. The molecule has 9 heteroatoms. The lowest BCUT2D eigenvalue weighted by atomic mass is 10.2. The number of amides is 2. The summed E-state index contributed by atoms with van der Waals surface area (Å²) in [5, 5.41) is 4.06. The van der Waals surface area contributed by atoms with E-state index in [4.69, 9.17) is 44.4 Å². The minimum atomic E-state index is -1.11. The number of carbonyl (C=O) groups is 2. The highest BCUT2D eigenvalue weighted by Gasteiger charge is 2.22. The zero-order valence-corrected chi connectivity index (χ0v) is 15.4. The van der Waals surface area contributed by atoms with E-state index in [1.807, 2.05) is 0 Å². The Morgan fingerprint density at radius 3 is 2.28 bits per heavy atom. The van der Waals surface area contributed by atoms with Gasteiger partial charge in [-0.05, 0) is 48.9 Å². The molecule has 0 saturated carbocycles. The monoisotopic (exact) mass is 402 g/mol. The molecule has 2 aromatic rings. The molecule has 2 rings (SSSR count). The molecule has 2 aromatic carbocycles. The van der Waals surface area contributed by atoms with Crippen molar-refractivity contribution >= 4 is 52.7 Å². The molecule has 0 saturated heterocycles. The number of nitrogens with zero attached hydrogens (tertiary/aromatic N) is 1. The van der Waals surface area contributed by atoms with Gasteiger partial charge < -0.3 is 10.1 Å². The van der Waals surface area contributed by atoms with Gasteiger partial charge in [0.25, 0.3) is 0 Å². The Hall–Kier alpha value is -2.15. The van der Waals surface area contributed by atoms with Gasteiger partial charge in [-0.25, -0.2) is 9.59 Å². The third-order valence-electron chi connectivity index (χ3n) is 3.03. The zero-order chi connectivity index (χ0) is 18.6. The molecule has 0 aliphatic rings. The second-order valence-corrected chi connectivity index (χ2v) is 6.02. The van der Waals surface area contributed by atoms with Crippen LogP contribution in [0.25, 0.3) is 0 Å². The molecular weight excluding hydrogens is 391 g/mol. The van der Waals surface area contributed by atoms with Gasteiger partial charge in [-0.2, -0.15) is 0 Å². The summed E-state index contributed by atoms with van der Waals surface area (Å²) in [6, 6.07) is 8.23. The van der Waals surface area contributed by atoms with Crippen LogP contribution in [-0.4, -0.2) is 19.2 Å². The number of ether oxygens (including phenoxy) is 1. The van der Waals surface area contributed by atoms with Crippen LogP contribution in [0.4, 0.5) is 15.3 Å². The summed E-state index contributed by atoms with van der Waals surface area (Å²) in [5.74, 6) is 0.220. The number of hydroxylamine groups is 1. The third-order valence-corrected chi connectivity index (χ3v) is 4.20. The Labute approximate surface area is 159 Å². The van der Waals surface area contributed by atoms with E-state index in [2.05, 4.69) is 5.32 Å². The van der Waals surface area contributed by atoms with E-state index in [1.54, 1.807) is 19.1 Å². The average Bonchev–Trinajstić information content (AvgIpc) is 2.58. The Morgan fingerprint density at radius 1 is 1.00 bits per heavy atom. The Morgan fingerprint density at radius 2 is 1.68 bits per heavy atom. The Balaban J connectivity index is 2.18. The number of benzene rings is 2. The number of urea groups is 1. The van der Waals surface area contributed by atoms with Crippen LogP contribution in [0.1, 0.15) is 5.56 Å². The summed E-state index contributed by atoms with van der Waals surface area (Å²) < 4.78 is 5.05. The largest absolute Gasteiger partial charge is 0.539 e. The van der Waals surface area contributed by atoms with Crippen molar-refractivity contribution in [1.82, 2.24) is 5.32 Å². The molecule has 0 unspecified atom stereocenters. The van der Waals surface area contributed by atoms with Gasteiger partial charge in [-0.15, -0.1) is 5.06 Å². The van der Waals surface area contributed by atoms with E-state index >= 15 is 0 Å². The van der Waals surface area contributed by atoms with Gasteiger partial charge in [-0.1, -0.05) is 34.8 Å². The molecule has 0 heterocycles. The minimum Gasteiger partial charge on any atom is -0.393 e. The molecule has 0 aromatic heterocycles. The van der Waals surface area contributed by atoms with Gasteiger partial charge in [0.2, 0.25) is 0 Å². The van der Waals surface area contributed by atoms with Crippen molar-refractivity contribution in [2.45, 2.75) is 6.92 Å². The number of halogens is 3. The number of hydrogen-bond donors (Lipinski definition) is 1. The molecule has 0 spiro atoms. The lowest BCUT2D eigenvalue weighted by Crippen LogP contribution is -2.40. The summed E-state index contributed by atoms with van der Waals surface area (Å²) in [6.07, 6.45) is -1.11. The highest BCUT2D eigenvalue weighted by Crippen LogP contribution is 2.28. The number of anilines is 1. The summed E-state index contributed by atoms with van der Waals surface area (Å²) in [5.41, 5.74) is 0.914. The van der Waals surface area contributed by atoms with E-state index in [0.29, 0.717) is 15.1 Å². The smallest absolute Gasteiger partial charge is 0.393 e.